The van der Waals surface area contributed by atoms with Gasteiger partial charge in [-0.05, 0) is 30.4 Å². The number of ether oxygens (including phenoxy) is 2. The van der Waals surface area contributed by atoms with Crippen molar-refractivity contribution >= 4 is 23.5 Å². The van der Waals surface area contributed by atoms with Gasteiger partial charge in [-0.15, -0.1) is 0 Å². The van der Waals surface area contributed by atoms with Gasteiger partial charge in [0.05, 0.1) is 20.4 Å². The van der Waals surface area contributed by atoms with Crippen molar-refractivity contribution in [2.75, 3.05) is 21.3 Å². The van der Waals surface area contributed by atoms with Crippen LogP contribution in [0.4, 0.5) is 0 Å². The molecule has 17 heavy (non-hydrogen) atoms. The standard InChI is InChI=1S/C11H15N3O2S/c1-12-11(17)14-13-7-8-6-9(15-2)4-5-10(8)16-3/h4-7H,1-3H3,(H2,12,14,17)/b13-7+. The third-order valence-electron chi connectivity index (χ3n) is 2.03. The lowest BCUT2D eigenvalue weighted by molar-refractivity contribution is 0.402. The van der Waals surface area contributed by atoms with Crippen LogP contribution in [0.1, 0.15) is 5.56 Å². The van der Waals surface area contributed by atoms with Crippen LogP contribution in [0.15, 0.2) is 23.3 Å². The van der Waals surface area contributed by atoms with Crippen LogP contribution in [0, 0.1) is 0 Å². The SMILES string of the molecule is CNC(=S)N/N=C/c1cc(OC)ccc1OC. The third kappa shape index (κ3) is 3.92. The molecule has 1 aromatic rings. The summed E-state index contributed by atoms with van der Waals surface area (Å²) in [5.41, 5.74) is 3.47. The highest BCUT2D eigenvalue weighted by Gasteiger charge is 2.02. The van der Waals surface area contributed by atoms with Gasteiger partial charge in [0.1, 0.15) is 11.5 Å². The van der Waals surface area contributed by atoms with Crippen LogP contribution < -0.4 is 20.2 Å². The number of benzene rings is 1. The summed E-state index contributed by atoms with van der Waals surface area (Å²) in [6, 6.07) is 5.46. The summed E-state index contributed by atoms with van der Waals surface area (Å²) in [6.07, 6.45) is 1.62. The molecule has 0 saturated carbocycles. The molecule has 1 rings (SSSR count). The Morgan fingerprint density at radius 2 is 2.12 bits per heavy atom. The Morgan fingerprint density at radius 3 is 2.71 bits per heavy atom. The fourth-order valence-electron chi connectivity index (χ4n) is 1.16. The predicted octanol–water partition coefficient (Wildman–Crippen LogP) is 1.13. The second kappa shape index (κ2) is 6.70. The zero-order valence-electron chi connectivity index (χ0n) is 9.98. The highest BCUT2D eigenvalue weighted by Crippen LogP contribution is 2.22. The fraction of sp³-hybridized carbons (Fsp3) is 0.273. The Balaban J connectivity index is 2.83. The van der Waals surface area contributed by atoms with Gasteiger partial charge in [0.15, 0.2) is 5.11 Å². The van der Waals surface area contributed by atoms with Crippen molar-refractivity contribution in [3.05, 3.63) is 23.8 Å². The van der Waals surface area contributed by atoms with E-state index in [1.165, 1.54) is 0 Å². The van der Waals surface area contributed by atoms with Crippen LogP contribution in [0.2, 0.25) is 0 Å². The van der Waals surface area contributed by atoms with Crippen molar-refractivity contribution in [3.63, 3.8) is 0 Å². The highest BCUT2D eigenvalue weighted by molar-refractivity contribution is 7.80. The molecule has 1 aromatic carbocycles. The first kappa shape index (κ1) is 13.2. The van der Waals surface area contributed by atoms with Gasteiger partial charge in [0.25, 0.3) is 0 Å². The van der Waals surface area contributed by atoms with Crippen LogP contribution in [-0.2, 0) is 0 Å². The Hall–Kier alpha value is -1.82. The molecule has 0 aliphatic heterocycles. The maximum absolute atomic E-state index is 5.21. The zero-order chi connectivity index (χ0) is 12.7. The molecule has 0 aliphatic rings. The largest absolute Gasteiger partial charge is 0.497 e. The molecule has 0 fully saturated rings. The Labute approximate surface area is 106 Å². The molecule has 0 amide bonds. The lowest BCUT2D eigenvalue weighted by Gasteiger charge is -2.07. The first-order valence-corrected chi connectivity index (χ1v) is 5.35. The maximum Gasteiger partial charge on any atom is 0.186 e. The minimum absolute atomic E-state index is 0.447. The molecular formula is C11H15N3O2S. The number of hydrogen-bond acceptors (Lipinski definition) is 4. The van der Waals surface area contributed by atoms with E-state index in [9.17, 15) is 0 Å². The van der Waals surface area contributed by atoms with Crippen LogP contribution >= 0.6 is 12.2 Å². The molecule has 0 saturated heterocycles. The maximum atomic E-state index is 5.21. The predicted molar refractivity (Wildman–Crippen MR) is 71.9 cm³/mol. The van der Waals surface area contributed by atoms with E-state index in [4.69, 9.17) is 21.7 Å². The molecule has 0 aliphatic carbocycles. The minimum atomic E-state index is 0.447. The first-order chi connectivity index (χ1) is 8.21. The molecule has 0 radical (unpaired) electrons. The molecule has 0 heterocycles. The molecule has 0 unspecified atom stereocenters. The topological polar surface area (TPSA) is 54.9 Å². The van der Waals surface area contributed by atoms with E-state index in [2.05, 4.69) is 15.8 Å². The van der Waals surface area contributed by atoms with E-state index in [-0.39, 0.29) is 0 Å². The lowest BCUT2D eigenvalue weighted by atomic mass is 10.2. The van der Waals surface area contributed by atoms with Gasteiger partial charge in [0, 0.05) is 12.6 Å². The molecule has 0 atom stereocenters. The van der Waals surface area contributed by atoms with E-state index >= 15 is 0 Å². The molecule has 5 nitrogen and oxygen atoms in total. The lowest BCUT2D eigenvalue weighted by Crippen LogP contribution is -2.28. The zero-order valence-corrected chi connectivity index (χ0v) is 10.8. The molecular weight excluding hydrogens is 238 g/mol. The second-order valence-electron chi connectivity index (χ2n) is 3.06. The fourth-order valence-corrected chi connectivity index (χ4v) is 1.21. The normalized spacial score (nSPS) is 10.1. The average molecular weight is 253 g/mol. The summed E-state index contributed by atoms with van der Waals surface area (Å²) in [5, 5.41) is 7.18. The van der Waals surface area contributed by atoms with Gasteiger partial charge in [0.2, 0.25) is 0 Å². The number of rotatable bonds is 4. The van der Waals surface area contributed by atoms with Gasteiger partial charge >= 0.3 is 0 Å². The van der Waals surface area contributed by atoms with Crippen LogP contribution in [-0.4, -0.2) is 32.6 Å². The van der Waals surface area contributed by atoms with E-state index in [0.717, 1.165) is 11.3 Å². The van der Waals surface area contributed by atoms with Crippen molar-refractivity contribution < 1.29 is 9.47 Å². The van der Waals surface area contributed by atoms with Crippen LogP contribution in [0.5, 0.6) is 11.5 Å². The van der Waals surface area contributed by atoms with Crippen molar-refractivity contribution in [1.29, 1.82) is 0 Å². The van der Waals surface area contributed by atoms with Gasteiger partial charge in [-0.1, -0.05) is 0 Å². The van der Waals surface area contributed by atoms with E-state index in [1.54, 1.807) is 27.5 Å². The van der Waals surface area contributed by atoms with Crippen molar-refractivity contribution in [3.8, 4) is 11.5 Å². The smallest absolute Gasteiger partial charge is 0.186 e. The Kier molecular flexibility index (Phi) is 5.22. The number of methoxy groups -OCH3 is 2. The summed E-state index contributed by atoms with van der Waals surface area (Å²) in [5.74, 6) is 1.45. The molecule has 6 heteroatoms. The monoisotopic (exact) mass is 253 g/mol. The van der Waals surface area contributed by atoms with Gasteiger partial charge in [-0.2, -0.15) is 5.10 Å². The number of nitrogens with zero attached hydrogens (tertiary/aromatic N) is 1. The third-order valence-corrected chi connectivity index (χ3v) is 2.33. The average Bonchev–Trinajstić information content (AvgIpc) is 2.38. The minimum Gasteiger partial charge on any atom is -0.497 e. The Bertz CT molecular complexity index is 421. The summed E-state index contributed by atoms with van der Waals surface area (Å²) in [7, 11) is 4.93. The number of thiocarbonyl (C=S) groups is 1. The highest BCUT2D eigenvalue weighted by atomic mass is 32.1. The summed E-state index contributed by atoms with van der Waals surface area (Å²) in [6.45, 7) is 0. The van der Waals surface area contributed by atoms with Gasteiger partial charge < -0.3 is 14.8 Å². The summed E-state index contributed by atoms with van der Waals surface area (Å²) < 4.78 is 10.3. The van der Waals surface area contributed by atoms with E-state index in [1.807, 2.05) is 18.2 Å². The van der Waals surface area contributed by atoms with Crippen molar-refractivity contribution in [2.45, 2.75) is 0 Å². The Morgan fingerprint density at radius 1 is 1.35 bits per heavy atom. The molecule has 0 bridgehead atoms. The van der Waals surface area contributed by atoms with E-state index < -0.39 is 0 Å². The summed E-state index contributed by atoms with van der Waals surface area (Å²) in [4.78, 5) is 0. The second-order valence-corrected chi connectivity index (χ2v) is 3.47. The van der Waals surface area contributed by atoms with Crippen LogP contribution in [0.25, 0.3) is 0 Å². The number of hydrogen-bond donors (Lipinski definition) is 2. The van der Waals surface area contributed by atoms with Crippen LogP contribution in [0.3, 0.4) is 0 Å². The molecule has 0 aromatic heterocycles. The quantitative estimate of drug-likeness (QED) is 0.478. The summed E-state index contributed by atoms with van der Waals surface area (Å²) >= 11 is 4.89. The van der Waals surface area contributed by atoms with Gasteiger partial charge in [-0.3, -0.25) is 5.43 Å². The first-order valence-electron chi connectivity index (χ1n) is 4.94. The van der Waals surface area contributed by atoms with Crippen molar-refractivity contribution in [1.82, 2.24) is 10.7 Å². The molecule has 2 N–H and O–H groups in total. The van der Waals surface area contributed by atoms with Crippen molar-refractivity contribution in [2.24, 2.45) is 5.10 Å². The number of nitrogens with one attached hydrogen (secondary N) is 2. The van der Waals surface area contributed by atoms with Gasteiger partial charge in [-0.25, -0.2) is 0 Å². The van der Waals surface area contributed by atoms with E-state index in [0.29, 0.717) is 10.9 Å². The molecule has 92 valence electrons. The number of hydrazone groups is 1. The molecule has 0 spiro atoms.